The van der Waals surface area contributed by atoms with Gasteiger partial charge in [0.05, 0.1) is 0 Å². The number of carbonyl (C=O) groups is 1. The molecule has 1 aliphatic rings. The lowest BCUT2D eigenvalue weighted by atomic mass is 10.2. The maximum absolute atomic E-state index is 11.8. The fourth-order valence-corrected chi connectivity index (χ4v) is 3.34. The van der Waals surface area contributed by atoms with E-state index in [4.69, 9.17) is 9.56 Å². The van der Waals surface area contributed by atoms with Crippen molar-refractivity contribution in [2.24, 2.45) is 5.14 Å². The molecule has 0 aliphatic carbocycles. The van der Waals surface area contributed by atoms with Gasteiger partial charge in [-0.3, -0.25) is 4.79 Å². The molecule has 1 aromatic carbocycles. The highest BCUT2D eigenvalue weighted by molar-refractivity contribution is 7.89. The van der Waals surface area contributed by atoms with Crippen molar-refractivity contribution < 1.29 is 17.6 Å². The van der Waals surface area contributed by atoms with Gasteiger partial charge in [0.1, 0.15) is 16.6 Å². The van der Waals surface area contributed by atoms with Gasteiger partial charge < -0.3 is 9.32 Å². The predicted molar refractivity (Wildman–Crippen MR) is 78.0 cm³/mol. The largest absolute Gasteiger partial charge is 0.461 e. The molecule has 7 heteroatoms. The van der Waals surface area contributed by atoms with E-state index in [1.165, 1.54) is 4.90 Å². The summed E-state index contributed by atoms with van der Waals surface area (Å²) in [7, 11) is -3.66. The third-order valence-corrected chi connectivity index (χ3v) is 4.99. The molecular formula is C14H16N2O4S. The second kappa shape index (κ2) is 5.16. The molecule has 0 bridgehead atoms. The van der Waals surface area contributed by atoms with Crippen LogP contribution in [0.2, 0.25) is 0 Å². The fraction of sp³-hybridized carbons (Fsp3) is 0.357. The molecular weight excluding hydrogens is 292 g/mol. The second-order valence-corrected chi connectivity index (χ2v) is 7.10. The van der Waals surface area contributed by atoms with Crippen LogP contribution in [-0.4, -0.2) is 37.6 Å². The summed E-state index contributed by atoms with van der Waals surface area (Å²) < 4.78 is 28.3. The molecule has 1 saturated heterocycles. The first-order valence-corrected chi connectivity index (χ1v) is 8.31. The molecule has 0 saturated carbocycles. The molecule has 2 heterocycles. The smallest absolute Gasteiger partial charge is 0.224 e. The number of nitrogens with two attached hydrogens (primary N) is 1. The number of sulfonamides is 1. The molecule has 1 unspecified atom stereocenters. The summed E-state index contributed by atoms with van der Waals surface area (Å²) in [6.45, 7) is 0.600. The number of likely N-dealkylation sites (tertiary alicyclic amines) is 1. The molecule has 0 radical (unpaired) electrons. The zero-order valence-electron chi connectivity index (χ0n) is 11.4. The first-order valence-electron chi connectivity index (χ1n) is 6.70. The van der Waals surface area contributed by atoms with Gasteiger partial charge in [0.2, 0.25) is 15.9 Å². The average Bonchev–Trinajstić information content (AvgIpc) is 2.98. The number of amides is 1. The summed E-state index contributed by atoms with van der Waals surface area (Å²) in [5.74, 6) is 0.605. The van der Waals surface area contributed by atoms with Crippen molar-refractivity contribution in [2.75, 3.05) is 13.1 Å². The Kier molecular flexibility index (Phi) is 3.46. The lowest BCUT2D eigenvalue weighted by Gasteiger charge is -2.15. The van der Waals surface area contributed by atoms with Crippen molar-refractivity contribution in [1.82, 2.24) is 4.90 Å². The number of hydrogen-bond acceptors (Lipinski definition) is 4. The van der Waals surface area contributed by atoms with E-state index in [2.05, 4.69) is 0 Å². The van der Waals surface area contributed by atoms with Crippen LogP contribution in [0, 0.1) is 0 Å². The minimum Gasteiger partial charge on any atom is -0.461 e. The predicted octanol–water partition coefficient (Wildman–Crippen LogP) is 0.865. The molecule has 6 nitrogen and oxygen atoms in total. The van der Waals surface area contributed by atoms with Crippen LogP contribution in [0.1, 0.15) is 12.2 Å². The number of carbonyl (C=O) groups excluding carboxylic acids is 1. The lowest BCUT2D eigenvalue weighted by Crippen LogP contribution is -2.33. The van der Waals surface area contributed by atoms with Gasteiger partial charge in [-0.15, -0.1) is 0 Å². The normalized spacial score (nSPS) is 19.6. The second-order valence-electron chi connectivity index (χ2n) is 5.26. The summed E-state index contributed by atoms with van der Waals surface area (Å²) in [5, 5.41) is 5.32. The van der Waals surface area contributed by atoms with E-state index in [1.807, 2.05) is 30.3 Å². The Balaban J connectivity index is 1.66. The number of benzene rings is 1. The van der Waals surface area contributed by atoms with Gasteiger partial charge >= 0.3 is 0 Å². The number of rotatable bonds is 4. The van der Waals surface area contributed by atoms with Crippen molar-refractivity contribution >= 4 is 26.9 Å². The Morgan fingerprint density at radius 3 is 2.76 bits per heavy atom. The van der Waals surface area contributed by atoms with Crippen molar-refractivity contribution in [1.29, 1.82) is 0 Å². The molecule has 0 spiro atoms. The van der Waals surface area contributed by atoms with Gasteiger partial charge in [-0.05, 0) is 12.1 Å². The van der Waals surface area contributed by atoms with Gasteiger partial charge in [-0.25, -0.2) is 13.6 Å². The standard InChI is InChI=1S/C14H16N2O4S/c15-21(18,19)12-8-14(17)16(9-12)6-5-11-7-10-3-1-2-4-13(10)20-11/h1-4,7,12H,5-6,8-9H2,(H2,15,18,19). The number of furan rings is 1. The highest BCUT2D eigenvalue weighted by Crippen LogP contribution is 2.21. The van der Waals surface area contributed by atoms with E-state index in [0.29, 0.717) is 13.0 Å². The zero-order chi connectivity index (χ0) is 15.0. The zero-order valence-corrected chi connectivity index (χ0v) is 12.2. The molecule has 1 aliphatic heterocycles. The van der Waals surface area contributed by atoms with Crippen LogP contribution < -0.4 is 5.14 Å². The molecule has 1 aromatic heterocycles. The molecule has 1 amide bonds. The van der Waals surface area contributed by atoms with Gasteiger partial charge in [0, 0.05) is 31.3 Å². The minimum atomic E-state index is -3.66. The van der Waals surface area contributed by atoms with Crippen LogP contribution >= 0.6 is 0 Å². The molecule has 3 rings (SSSR count). The van der Waals surface area contributed by atoms with Crippen LogP contribution in [0.25, 0.3) is 11.0 Å². The van der Waals surface area contributed by atoms with E-state index in [1.54, 1.807) is 0 Å². The Morgan fingerprint density at radius 1 is 1.33 bits per heavy atom. The van der Waals surface area contributed by atoms with E-state index in [-0.39, 0.29) is 18.9 Å². The quantitative estimate of drug-likeness (QED) is 0.906. The maximum atomic E-state index is 11.8. The Bertz CT molecular complexity index is 748. The van der Waals surface area contributed by atoms with E-state index in [0.717, 1.165) is 16.7 Å². The Labute approximate surface area is 122 Å². The number of para-hydroxylation sites is 1. The van der Waals surface area contributed by atoms with E-state index >= 15 is 0 Å². The van der Waals surface area contributed by atoms with Crippen molar-refractivity contribution in [3.8, 4) is 0 Å². The van der Waals surface area contributed by atoms with Crippen LogP contribution in [0.15, 0.2) is 34.7 Å². The average molecular weight is 308 g/mol. The highest BCUT2D eigenvalue weighted by atomic mass is 32.2. The Hall–Kier alpha value is -1.86. The molecule has 2 N–H and O–H groups in total. The topological polar surface area (TPSA) is 93.6 Å². The summed E-state index contributed by atoms with van der Waals surface area (Å²) in [6.07, 6.45) is 0.525. The van der Waals surface area contributed by atoms with Gasteiger partial charge in [0.15, 0.2) is 0 Å². The number of nitrogens with zero attached hydrogens (tertiary/aromatic N) is 1. The summed E-state index contributed by atoms with van der Waals surface area (Å²) in [4.78, 5) is 13.3. The molecule has 1 atom stereocenters. The van der Waals surface area contributed by atoms with Crippen LogP contribution in [0.4, 0.5) is 0 Å². The third kappa shape index (κ3) is 2.93. The third-order valence-electron chi connectivity index (χ3n) is 3.75. The van der Waals surface area contributed by atoms with Gasteiger partial charge in [-0.1, -0.05) is 18.2 Å². The first kappa shape index (κ1) is 14.1. The van der Waals surface area contributed by atoms with Crippen LogP contribution in [-0.2, 0) is 21.2 Å². The lowest BCUT2D eigenvalue weighted by molar-refractivity contribution is -0.127. The van der Waals surface area contributed by atoms with Crippen molar-refractivity contribution in [2.45, 2.75) is 18.1 Å². The van der Waals surface area contributed by atoms with E-state index < -0.39 is 15.3 Å². The van der Waals surface area contributed by atoms with Crippen molar-refractivity contribution in [3.05, 3.63) is 36.1 Å². The molecule has 1 fully saturated rings. The fourth-order valence-electron chi connectivity index (χ4n) is 2.58. The highest BCUT2D eigenvalue weighted by Gasteiger charge is 2.36. The molecule has 21 heavy (non-hydrogen) atoms. The Morgan fingerprint density at radius 2 is 2.10 bits per heavy atom. The summed E-state index contributed by atoms with van der Waals surface area (Å²) >= 11 is 0. The summed E-state index contributed by atoms with van der Waals surface area (Å²) in [6, 6.07) is 9.61. The van der Waals surface area contributed by atoms with Crippen LogP contribution in [0.5, 0.6) is 0 Å². The number of fused-ring (bicyclic) bond motifs is 1. The van der Waals surface area contributed by atoms with Crippen LogP contribution in [0.3, 0.4) is 0 Å². The summed E-state index contributed by atoms with van der Waals surface area (Å²) in [5.41, 5.74) is 0.808. The van der Waals surface area contributed by atoms with Gasteiger partial charge in [0.25, 0.3) is 0 Å². The minimum absolute atomic E-state index is 0.0288. The van der Waals surface area contributed by atoms with E-state index in [9.17, 15) is 13.2 Å². The van der Waals surface area contributed by atoms with Gasteiger partial charge in [-0.2, -0.15) is 0 Å². The van der Waals surface area contributed by atoms with Crippen molar-refractivity contribution in [3.63, 3.8) is 0 Å². The monoisotopic (exact) mass is 308 g/mol. The maximum Gasteiger partial charge on any atom is 0.224 e. The molecule has 112 valence electrons. The first-order chi connectivity index (χ1) is 9.93. The molecule has 2 aromatic rings. The SMILES string of the molecule is NS(=O)(=O)C1CC(=O)N(CCc2cc3ccccc3o2)C1. The number of primary sulfonamides is 1. The number of hydrogen-bond donors (Lipinski definition) is 1.